The fourth-order valence-electron chi connectivity index (χ4n) is 0.976. The third-order valence-electron chi connectivity index (χ3n) is 1.72. The lowest BCUT2D eigenvalue weighted by Gasteiger charge is -2.12. The van der Waals surface area contributed by atoms with Gasteiger partial charge in [0.15, 0.2) is 0 Å². The summed E-state index contributed by atoms with van der Waals surface area (Å²) in [6, 6.07) is 2.73. The van der Waals surface area contributed by atoms with E-state index < -0.39 is 0 Å². The van der Waals surface area contributed by atoms with Gasteiger partial charge in [-0.3, -0.25) is 0 Å². The summed E-state index contributed by atoms with van der Waals surface area (Å²) in [7, 11) is 0. The number of hydrogen-bond acceptors (Lipinski definition) is 3. The lowest BCUT2D eigenvalue weighted by Crippen LogP contribution is -2.20. The normalized spacial score (nSPS) is 12.9. The van der Waals surface area contributed by atoms with Gasteiger partial charge in [0.05, 0.1) is 5.02 Å². The van der Waals surface area contributed by atoms with Crippen LogP contribution in [0.25, 0.3) is 0 Å². The molecule has 0 bridgehead atoms. The summed E-state index contributed by atoms with van der Waals surface area (Å²) in [6.45, 7) is 0.269. The van der Waals surface area contributed by atoms with Gasteiger partial charge in [-0.25, -0.2) is 0 Å². The lowest BCUT2D eigenvalue weighted by atomic mass is 10.1. The van der Waals surface area contributed by atoms with E-state index in [1.165, 1.54) is 6.07 Å². The third-order valence-corrected chi connectivity index (χ3v) is 2.92. The maximum absolute atomic E-state index is 9.49. The standard InChI is InChI=1S/C8H10BrClN2O/c9-5-2-8(13)4(1-6(5)10)7(12)3-11/h1-2,7,13H,3,11-12H2/t7-/m0/s1. The minimum absolute atomic E-state index is 0.106. The summed E-state index contributed by atoms with van der Waals surface area (Å²) in [4.78, 5) is 0. The number of aromatic hydroxyl groups is 1. The molecule has 1 rings (SSSR count). The van der Waals surface area contributed by atoms with Crippen molar-refractivity contribution in [2.45, 2.75) is 6.04 Å². The van der Waals surface area contributed by atoms with Crippen molar-refractivity contribution in [3.63, 3.8) is 0 Å². The number of nitrogens with two attached hydrogens (primary N) is 2. The van der Waals surface area contributed by atoms with Crippen molar-refractivity contribution in [1.82, 2.24) is 0 Å². The molecule has 5 N–H and O–H groups in total. The maximum atomic E-state index is 9.49. The number of rotatable bonds is 2. The molecule has 0 fully saturated rings. The van der Waals surface area contributed by atoms with Crippen LogP contribution in [-0.4, -0.2) is 11.7 Å². The minimum atomic E-state index is -0.384. The van der Waals surface area contributed by atoms with E-state index in [0.29, 0.717) is 15.1 Å². The van der Waals surface area contributed by atoms with Gasteiger partial charge in [0, 0.05) is 22.6 Å². The van der Waals surface area contributed by atoms with Gasteiger partial charge in [0.25, 0.3) is 0 Å². The molecule has 0 saturated heterocycles. The highest BCUT2D eigenvalue weighted by Crippen LogP contribution is 2.32. The van der Waals surface area contributed by atoms with Crippen LogP contribution < -0.4 is 11.5 Å². The van der Waals surface area contributed by atoms with Crippen molar-refractivity contribution in [2.24, 2.45) is 11.5 Å². The molecule has 0 aliphatic heterocycles. The molecule has 0 aromatic heterocycles. The maximum Gasteiger partial charge on any atom is 0.121 e. The molecular weight excluding hydrogens is 255 g/mol. The van der Waals surface area contributed by atoms with Gasteiger partial charge in [0.2, 0.25) is 0 Å². The van der Waals surface area contributed by atoms with Crippen LogP contribution in [0.1, 0.15) is 11.6 Å². The van der Waals surface area contributed by atoms with E-state index >= 15 is 0 Å². The molecular formula is C8H10BrClN2O. The first-order valence-electron chi connectivity index (χ1n) is 3.69. The number of phenols is 1. The van der Waals surface area contributed by atoms with E-state index in [0.717, 1.165) is 0 Å². The summed E-state index contributed by atoms with van der Waals surface area (Å²) >= 11 is 9.02. The molecule has 1 atom stereocenters. The Morgan fingerprint density at radius 3 is 2.69 bits per heavy atom. The molecule has 0 aliphatic rings. The second-order valence-corrected chi connectivity index (χ2v) is 3.93. The summed E-state index contributed by atoms with van der Waals surface area (Å²) in [5, 5.41) is 10.0. The van der Waals surface area contributed by atoms with Crippen LogP contribution in [0, 0.1) is 0 Å². The number of hydrogen-bond donors (Lipinski definition) is 3. The molecule has 0 heterocycles. The first-order valence-corrected chi connectivity index (χ1v) is 4.87. The average molecular weight is 266 g/mol. The highest BCUT2D eigenvalue weighted by molar-refractivity contribution is 9.10. The molecule has 1 aromatic carbocycles. The monoisotopic (exact) mass is 264 g/mol. The Kier molecular flexibility index (Phi) is 3.55. The predicted molar refractivity (Wildman–Crippen MR) is 56.8 cm³/mol. The van der Waals surface area contributed by atoms with Crippen LogP contribution >= 0.6 is 27.5 Å². The second-order valence-electron chi connectivity index (χ2n) is 2.67. The zero-order valence-corrected chi connectivity index (χ0v) is 9.14. The first kappa shape index (κ1) is 10.8. The summed E-state index contributed by atoms with van der Waals surface area (Å²) < 4.78 is 0.639. The van der Waals surface area contributed by atoms with Crippen LogP contribution in [0.5, 0.6) is 5.75 Å². The van der Waals surface area contributed by atoms with Crippen LogP contribution in [0.15, 0.2) is 16.6 Å². The van der Waals surface area contributed by atoms with Crippen molar-refractivity contribution < 1.29 is 5.11 Å². The molecule has 0 aliphatic carbocycles. The van der Waals surface area contributed by atoms with E-state index in [2.05, 4.69) is 15.9 Å². The van der Waals surface area contributed by atoms with E-state index in [9.17, 15) is 5.11 Å². The molecule has 0 saturated carbocycles. The molecule has 13 heavy (non-hydrogen) atoms. The van der Waals surface area contributed by atoms with E-state index in [1.54, 1.807) is 6.07 Å². The number of halogens is 2. The van der Waals surface area contributed by atoms with Crippen molar-refractivity contribution in [2.75, 3.05) is 6.54 Å². The molecule has 3 nitrogen and oxygen atoms in total. The van der Waals surface area contributed by atoms with Crippen LogP contribution in [0.2, 0.25) is 5.02 Å². The van der Waals surface area contributed by atoms with E-state index in [4.69, 9.17) is 23.1 Å². The summed E-state index contributed by atoms with van der Waals surface area (Å²) in [5.41, 5.74) is 11.6. The zero-order chi connectivity index (χ0) is 10.0. The second kappa shape index (κ2) is 4.28. The molecule has 0 amide bonds. The fourth-order valence-corrected chi connectivity index (χ4v) is 1.48. The van der Waals surface area contributed by atoms with Gasteiger partial charge < -0.3 is 16.6 Å². The number of benzene rings is 1. The third kappa shape index (κ3) is 2.34. The average Bonchev–Trinajstić information content (AvgIpc) is 2.10. The predicted octanol–water partition coefficient (Wildman–Crippen LogP) is 1.77. The zero-order valence-electron chi connectivity index (χ0n) is 6.80. The quantitative estimate of drug-likeness (QED) is 0.763. The van der Waals surface area contributed by atoms with Gasteiger partial charge in [-0.1, -0.05) is 11.6 Å². The Hall–Kier alpha value is -0.290. The van der Waals surface area contributed by atoms with E-state index in [-0.39, 0.29) is 18.3 Å². The molecule has 0 radical (unpaired) electrons. The van der Waals surface area contributed by atoms with Crippen LogP contribution in [-0.2, 0) is 0 Å². The lowest BCUT2D eigenvalue weighted by molar-refractivity contribution is 0.461. The van der Waals surface area contributed by atoms with Crippen molar-refractivity contribution in [1.29, 1.82) is 0 Å². The van der Waals surface area contributed by atoms with Gasteiger partial charge in [-0.15, -0.1) is 0 Å². The van der Waals surface area contributed by atoms with Gasteiger partial charge >= 0.3 is 0 Å². The fraction of sp³-hybridized carbons (Fsp3) is 0.250. The minimum Gasteiger partial charge on any atom is -0.508 e. The van der Waals surface area contributed by atoms with Gasteiger partial charge in [-0.05, 0) is 28.1 Å². The van der Waals surface area contributed by atoms with Gasteiger partial charge in [0.1, 0.15) is 5.75 Å². The summed E-state index contributed by atoms with van der Waals surface area (Å²) in [6.07, 6.45) is 0. The van der Waals surface area contributed by atoms with Crippen LogP contribution in [0.4, 0.5) is 0 Å². The van der Waals surface area contributed by atoms with Gasteiger partial charge in [-0.2, -0.15) is 0 Å². The Bertz CT molecular complexity index is 319. The van der Waals surface area contributed by atoms with Crippen molar-refractivity contribution in [3.8, 4) is 5.75 Å². The molecule has 1 aromatic rings. The molecule has 72 valence electrons. The van der Waals surface area contributed by atoms with Crippen molar-refractivity contribution >= 4 is 27.5 Å². The highest BCUT2D eigenvalue weighted by Gasteiger charge is 2.11. The topological polar surface area (TPSA) is 72.3 Å². The molecule has 0 spiro atoms. The molecule has 0 unspecified atom stereocenters. The Balaban J connectivity index is 3.15. The highest BCUT2D eigenvalue weighted by atomic mass is 79.9. The smallest absolute Gasteiger partial charge is 0.121 e. The Labute approximate surface area is 89.8 Å². The van der Waals surface area contributed by atoms with E-state index in [1.807, 2.05) is 0 Å². The Morgan fingerprint density at radius 2 is 2.15 bits per heavy atom. The Morgan fingerprint density at radius 1 is 1.54 bits per heavy atom. The van der Waals surface area contributed by atoms with Crippen LogP contribution in [0.3, 0.4) is 0 Å². The van der Waals surface area contributed by atoms with Crippen molar-refractivity contribution in [3.05, 3.63) is 27.2 Å². The number of phenolic OH excluding ortho intramolecular Hbond substituents is 1. The first-order chi connectivity index (χ1) is 6.06. The SMILES string of the molecule is NC[C@H](N)c1cc(Cl)c(Br)cc1O. The molecule has 5 heteroatoms. The largest absolute Gasteiger partial charge is 0.508 e. The summed E-state index contributed by atoms with van der Waals surface area (Å²) in [5.74, 6) is 0.106.